The van der Waals surface area contributed by atoms with Crippen LogP contribution < -0.4 is 10.5 Å². The van der Waals surface area contributed by atoms with Gasteiger partial charge in [0, 0.05) is 17.7 Å². The zero-order valence-corrected chi connectivity index (χ0v) is 12.3. The lowest BCUT2D eigenvalue weighted by molar-refractivity contribution is -0.138. The van der Waals surface area contributed by atoms with E-state index in [0.29, 0.717) is 11.3 Å². The molecule has 0 heterocycles. The molecule has 0 aliphatic carbocycles. The Morgan fingerprint density at radius 2 is 2.00 bits per heavy atom. The van der Waals surface area contributed by atoms with Crippen LogP contribution in [0, 0.1) is 6.92 Å². The molecule has 0 aliphatic rings. The number of carboxylic acid groups (broad SMARTS) is 1. The van der Waals surface area contributed by atoms with Crippen LogP contribution in [0.15, 0.2) is 12.1 Å². The fourth-order valence-corrected chi connectivity index (χ4v) is 2.21. The van der Waals surface area contributed by atoms with Crippen molar-refractivity contribution in [3.05, 3.63) is 28.8 Å². The Kier molecular flexibility index (Phi) is 4.58. The predicted octanol–water partition coefficient (Wildman–Crippen LogP) is 2.43. The Bertz CT molecular complexity index is 475. The van der Waals surface area contributed by atoms with E-state index >= 15 is 0 Å². The summed E-state index contributed by atoms with van der Waals surface area (Å²) in [4.78, 5) is 11.3. The summed E-state index contributed by atoms with van der Waals surface area (Å²) in [6, 6.07) is 3.89. The molecule has 1 unspecified atom stereocenters. The van der Waals surface area contributed by atoms with Crippen molar-refractivity contribution >= 4 is 5.97 Å². The number of aryl methyl sites for hydroxylation is 1. The van der Waals surface area contributed by atoms with Gasteiger partial charge in [0.25, 0.3) is 0 Å². The highest BCUT2D eigenvalue weighted by Crippen LogP contribution is 2.38. The Morgan fingerprint density at radius 3 is 2.37 bits per heavy atom. The summed E-state index contributed by atoms with van der Waals surface area (Å²) in [6.45, 7) is 8.23. The van der Waals surface area contributed by atoms with Gasteiger partial charge >= 0.3 is 5.97 Å². The molecule has 1 atom stereocenters. The van der Waals surface area contributed by atoms with E-state index in [9.17, 15) is 9.90 Å². The molecule has 106 valence electrons. The minimum atomic E-state index is -0.925. The van der Waals surface area contributed by atoms with Gasteiger partial charge in [-0.1, -0.05) is 38.5 Å². The van der Waals surface area contributed by atoms with E-state index in [1.807, 2.05) is 19.1 Å². The molecule has 19 heavy (non-hydrogen) atoms. The van der Waals surface area contributed by atoms with Crippen LogP contribution in [0.1, 0.15) is 43.4 Å². The molecule has 0 fully saturated rings. The van der Waals surface area contributed by atoms with Gasteiger partial charge in [-0.2, -0.15) is 0 Å². The molecular formula is C15H23NO3. The highest BCUT2D eigenvalue weighted by atomic mass is 16.5. The van der Waals surface area contributed by atoms with Crippen molar-refractivity contribution < 1.29 is 14.6 Å². The summed E-state index contributed by atoms with van der Waals surface area (Å²) < 4.78 is 5.47. The van der Waals surface area contributed by atoms with Crippen LogP contribution in [-0.2, 0) is 10.2 Å². The minimum Gasteiger partial charge on any atom is -0.496 e. The average Bonchev–Trinajstić information content (AvgIpc) is 2.27. The number of rotatable bonds is 4. The number of hydrogen-bond acceptors (Lipinski definition) is 3. The molecule has 1 aromatic carbocycles. The Morgan fingerprint density at radius 1 is 1.42 bits per heavy atom. The summed E-state index contributed by atoms with van der Waals surface area (Å²) in [7, 11) is 1.57. The molecule has 0 spiro atoms. The molecule has 0 amide bonds. The second-order valence-corrected chi connectivity index (χ2v) is 5.81. The van der Waals surface area contributed by atoms with Crippen molar-refractivity contribution in [3.63, 3.8) is 0 Å². The molecule has 1 rings (SSSR count). The predicted molar refractivity (Wildman–Crippen MR) is 75.9 cm³/mol. The van der Waals surface area contributed by atoms with Gasteiger partial charge in [0.2, 0.25) is 0 Å². The number of benzene rings is 1. The molecule has 0 aromatic heterocycles. The molecule has 0 radical (unpaired) electrons. The van der Waals surface area contributed by atoms with Crippen LogP contribution in [-0.4, -0.2) is 24.7 Å². The maximum atomic E-state index is 11.3. The smallest absolute Gasteiger partial charge is 0.312 e. The fraction of sp³-hybridized carbons (Fsp3) is 0.533. The van der Waals surface area contributed by atoms with E-state index in [0.717, 1.165) is 11.1 Å². The number of ether oxygens (including phenoxy) is 1. The first kappa shape index (κ1) is 15.5. The summed E-state index contributed by atoms with van der Waals surface area (Å²) in [5.41, 5.74) is 8.15. The lowest BCUT2D eigenvalue weighted by Gasteiger charge is -2.26. The second-order valence-electron chi connectivity index (χ2n) is 5.81. The molecule has 0 saturated carbocycles. The van der Waals surface area contributed by atoms with Crippen LogP contribution in [0.4, 0.5) is 0 Å². The first-order valence-electron chi connectivity index (χ1n) is 6.34. The Labute approximate surface area is 114 Å². The van der Waals surface area contributed by atoms with Crippen molar-refractivity contribution in [2.75, 3.05) is 13.7 Å². The van der Waals surface area contributed by atoms with E-state index in [1.165, 1.54) is 0 Å². The summed E-state index contributed by atoms with van der Waals surface area (Å²) in [5, 5.41) is 9.30. The third-order valence-corrected chi connectivity index (χ3v) is 3.18. The number of carbonyl (C=O) groups is 1. The topological polar surface area (TPSA) is 72.5 Å². The SMILES string of the molecule is COc1c(C(CN)C(=O)O)cc(C)cc1C(C)(C)C. The van der Waals surface area contributed by atoms with E-state index < -0.39 is 11.9 Å². The van der Waals surface area contributed by atoms with Crippen LogP contribution in [0.5, 0.6) is 5.75 Å². The summed E-state index contributed by atoms with van der Waals surface area (Å²) in [5.74, 6) is -1.03. The molecule has 4 nitrogen and oxygen atoms in total. The van der Waals surface area contributed by atoms with E-state index in [4.69, 9.17) is 10.5 Å². The molecule has 3 N–H and O–H groups in total. The third kappa shape index (κ3) is 3.26. The largest absolute Gasteiger partial charge is 0.496 e. The minimum absolute atomic E-state index is 0.0543. The van der Waals surface area contributed by atoms with Crippen molar-refractivity contribution in [3.8, 4) is 5.75 Å². The van der Waals surface area contributed by atoms with Gasteiger partial charge < -0.3 is 15.6 Å². The van der Waals surface area contributed by atoms with E-state index in [1.54, 1.807) is 7.11 Å². The molecular weight excluding hydrogens is 242 g/mol. The van der Waals surface area contributed by atoms with Gasteiger partial charge in [0.05, 0.1) is 13.0 Å². The van der Waals surface area contributed by atoms with Gasteiger partial charge in [0.1, 0.15) is 5.75 Å². The molecule has 0 saturated heterocycles. The number of hydrogen-bond donors (Lipinski definition) is 2. The maximum absolute atomic E-state index is 11.3. The Hall–Kier alpha value is -1.55. The second kappa shape index (κ2) is 5.61. The van der Waals surface area contributed by atoms with Gasteiger partial charge in [0.15, 0.2) is 0 Å². The first-order valence-corrected chi connectivity index (χ1v) is 6.34. The van der Waals surface area contributed by atoms with Gasteiger partial charge in [-0.3, -0.25) is 4.79 Å². The van der Waals surface area contributed by atoms with Crippen LogP contribution >= 0.6 is 0 Å². The van der Waals surface area contributed by atoms with Crippen LogP contribution in [0.2, 0.25) is 0 Å². The number of methoxy groups -OCH3 is 1. The zero-order valence-electron chi connectivity index (χ0n) is 12.3. The number of carboxylic acids is 1. The Balaban J connectivity index is 3.56. The van der Waals surface area contributed by atoms with E-state index in [2.05, 4.69) is 20.8 Å². The maximum Gasteiger partial charge on any atom is 0.312 e. The fourth-order valence-electron chi connectivity index (χ4n) is 2.21. The van der Waals surface area contributed by atoms with Crippen molar-refractivity contribution in [1.82, 2.24) is 0 Å². The van der Waals surface area contributed by atoms with Crippen LogP contribution in [0.3, 0.4) is 0 Å². The average molecular weight is 265 g/mol. The molecule has 1 aromatic rings. The number of aliphatic carboxylic acids is 1. The van der Waals surface area contributed by atoms with Crippen LogP contribution in [0.25, 0.3) is 0 Å². The zero-order chi connectivity index (χ0) is 14.8. The normalized spacial score (nSPS) is 13.2. The lowest BCUT2D eigenvalue weighted by Crippen LogP contribution is -2.23. The highest BCUT2D eigenvalue weighted by Gasteiger charge is 2.28. The summed E-state index contributed by atoms with van der Waals surface area (Å²) >= 11 is 0. The molecule has 4 heteroatoms. The van der Waals surface area contributed by atoms with Crippen molar-refractivity contribution in [2.24, 2.45) is 5.73 Å². The van der Waals surface area contributed by atoms with Crippen molar-refractivity contribution in [1.29, 1.82) is 0 Å². The monoisotopic (exact) mass is 265 g/mol. The molecule has 0 aliphatic heterocycles. The summed E-state index contributed by atoms with van der Waals surface area (Å²) in [6.07, 6.45) is 0. The quantitative estimate of drug-likeness (QED) is 0.877. The van der Waals surface area contributed by atoms with Gasteiger partial charge in [-0.15, -0.1) is 0 Å². The van der Waals surface area contributed by atoms with Gasteiger partial charge in [-0.05, 0) is 12.3 Å². The van der Waals surface area contributed by atoms with Gasteiger partial charge in [-0.25, -0.2) is 0 Å². The standard InChI is InChI=1S/C15H23NO3/c1-9-6-10(11(8-16)14(17)18)13(19-5)12(7-9)15(2,3)4/h6-7,11H,8,16H2,1-5H3,(H,17,18). The molecule has 0 bridgehead atoms. The highest BCUT2D eigenvalue weighted by molar-refractivity contribution is 5.78. The number of nitrogens with two attached hydrogens (primary N) is 1. The lowest BCUT2D eigenvalue weighted by atomic mass is 9.82. The third-order valence-electron chi connectivity index (χ3n) is 3.18. The first-order chi connectivity index (χ1) is 8.72. The van der Waals surface area contributed by atoms with E-state index in [-0.39, 0.29) is 12.0 Å². The van der Waals surface area contributed by atoms with Crippen molar-refractivity contribution in [2.45, 2.75) is 39.0 Å².